The van der Waals surface area contributed by atoms with Gasteiger partial charge in [-0.3, -0.25) is 9.48 Å². The molecule has 170 valence electrons. The number of primary sulfonamides is 1. The van der Waals surface area contributed by atoms with Gasteiger partial charge in [0.05, 0.1) is 27.9 Å². The highest BCUT2D eigenvalue weighted by atomic mass is 32.2. The molecule has 0 aliphatic carbocycles. The summed E-state index contributed by atoms with van der Waals surface area (Å²) in [6.07, 6.45) is 1.79. The predicted octanol–water partition coefficient (Wildman–Crippen LogP) is 4.14. The van der Waals surface area contributed by atoms with Gasteiger partial charge >= 0.3 is 0 Å². The first kappa shape index (κ1) is 22.9. The molecule has 33 heavy (non-hydrogen) atoms. The fourth-order valence-electron chi connectivity index (χ4n) is 3.55. The fraction of sp³-hybridized carbons (Fsp3) is 0.167. The molecule has 0 aliphatic heterocycles. The average Bonchev–Trinajstić information content (AvgIpc) is 3.48. The van der Waals surface area contributed by atoms with Crippen molar-refractivity contribution in [2.75, 3.05) is 7.05 Å². The summed E-state index contributed by atoms with van der Waals surface area (Å²) >= 11 is 1.53. The van der Waals surface area contributed by atoms with Crippen LogP contribution >= 0.6 is 11.3 Å². The van der Waals surface area contributed by atoms with Gasteiger partial charge in [-0.1, -0.05) is 48.5 Å². The lowest BCUT2D eigenvalue weighted by molar-refractivity contribution is 0.0743. The maximum Gasteiger partial charge on any atom is 0.257 e. The highest BCUT2D eigenvalue weighted by Gasteiger charge is 2.25. The standard InChI is InChI=1S/C24H24N4O3S2/c1-17(19-10-12-20(13-11-19)33(25,30)31)27(2)24(29)21-16-28(15-18-7-4-3-5-8-18)26-23(21)22-9-6-14-32-22/h3-14,16-17H,15H2,1-2H3,(H2,25,30,31)/t17-/m1/s1. The Labute approximate surface area is 197 Å². The number of nitrogens with two attached hydrogens (primary N) is 1. The van der Waals surface area contributed by atoms with Crippen LogP contribution in [0.3, 0.4) is 0 Å². The predicted molar refractivity (Wildman–Crippen MR) is 129 cm³/mol. The molecule has 0 radical (unpaired) electrons. The van der Waals surface area contributed by atoms with E-state index in [1.807, 2.05) is 54.8 Å². The van der Waals surface area contributed by atoms with Gasteiger partial charge in [-0.2, -0.15) is 5.10 Å². The summed E-state index contributed by atoms with van der Waals surface area (Å²) in [7, 11) is -2.04. The fourth-order valence-corrected chi connectivity index (χ4v) is 4.79. The largest absolute Gasteiger partial charge is 0.335 e. The lowest BCUT2D eigenvalue weighted by Crippen LogP contribution is -2.29. The van der Waals surface area contributed by atoms with E-state index in [2.05, 4.69) is 0 Å². The van der Waals surface area contributed by atoms with Crippen molar-refractivity contribution in [1.29, 1.82) is 0 Å². The third-order valence-corrected chi connectivity index (χ3v) is 7.33. The highest BCUT2D eigenvalue weighted by Crippen LogP contribution is 2.30. The van der Waals surface area contributed by atoms with Crippen molar-refractivity contribution >= 4 is 27.3 Å². The van der Waals surface area contributed by atoms with E-state index in [0.29, 0.717) is 17.8 Å². The quantitative estimate of drug-likeness (QED) is 0.430. The molecule has 4 aromatic rings. The number of amides is 1. The summed E-state index contributed by atoms with van der Waals surface area (Å²) in [5, 5.41) is 11.9. The van der Waals surface area contributed by atoms with Crippen molar-refractivity contribution in [3.05, 3.63) is 95.0 Å². The molecule has 0 bridgehead atoms. The summed E-state index contributed by atoms with van der Waals surface area (Å²) in [4.78, 5) is 16.1. The van der Waals surface area contributed by atoms with Crippen molar-refractivity contribution in [2.24, 2.45) is 5.14 Å². The molecule has 0 saturated carbocycles. The van der Waals surface area contributed by atoms with Crippen LogP contribution in [0.5, 0.6) is 0 Å². The second-order valence-electron chi connectivity index (χ2n) is 7.76. The number of aromatic nitrogens is 2. The minimum atomic E-state index is -3.77. The Hall–Kier alpha value is -3.27. The monoisotopic (exact) mass is 480 g/mol. The second-order valence-corrected chi connectivity index (χ2v) is 10.3. The summed E-state index contributed by atoms with van der Waals surface area (Å²) in [5.41, 5.74) is 3.06. The van der Waals surface area contributed by atoms with Crippen molar-refractivity contribution in [1.82, 2.24) is 14.7 Å². The molecule has 0 unspecified atom stereocenters. The Morgan fingerprint density at radius 3 is 2.39 bits per heavy atom. The van der Waals surface area contributed by atoms with Gasteiger partial charge in [0.1, 0.15) is 5.69 Å². The first-order chi connectivity index (χ1) is 15.7. The molecular formula is C24H24N4O3S2. The number of thiophene rings is 1. The minimum absolute atomic E-state index is 0.0367. The van der Waals surface area contributed by atoms with E-state index in [4.69, 9.17) is 10.2 Å². The van der Waals surface area contributed by atoms with E-state index in [0.717, 1.165) is 16.0 Å². The van der Waals surface area contributed by atoms with Crippen LogP contribution in [0.1, 0.15) is 34.5 Å². The van der Waals surface area contributed by atoms with Crippen LogP contribution in [-0.2, 0) is 16.6 Å². The Morgan fingerprint density at radius 2 is 1.79 bits per heavy atom. The number of sulfonamides is 1. The molecule has 1 atom stereocenters. The average molecular weight is 481 g/mol. The third-order valence-electron chi connectivity index (χ3n) is 5.53. The number of benzene rings is 2. The zero-order valence-corrected chi connectivity index (χ0v) is 19.9. The molecule has 2 aromatic heterocycles. The molecule has 2 aromatic carbocycles. The van der Waals surface area contributed by atoms with Crippen LogP contribution in [0, 0.1) is 0 Å². The lowest BCUT2D eigenvalue weighted by atomic mass is 10.1. The van der Waals surface area contributed by atoms with Crippen molar-refractivity contribution in [2.45, 2.75) is 24.4 Å². The van der Waals surface area contributed by atoms with Gasteiger partial charge in [-0.15, -0.1) is 11.3 Å². The topological polar surface area (TPSA) is 98.3 Å². The van der Waals surface area contributed by atoms with Gasteiger partial charge in [0.15, 0.2) is 0 Å². The molecule has 2 heterocycles. The van der Waals surface area contributed by atoms with E-state index < -0.39 is 10.0 Å². The SMILES string of the molecule is C[C@H](c1ccc(S(N)(=O)=O)cc1)N(C)C(=O)c1cn(Cc2ccccc2)nc1-c1cccs1. The highest BCUT2D eigenvalue weighted by molar-refractivity contribution is 7.89. The smallest absolute Gasteiger partial charge is 0.257 e. The molecule has 2 N–H and O–H groups in total. The molecule has 0 fully saturated rings. The Kier molecular flexibility index (Phi) is 6.46. The molecule has 9 heteroatoms. The molecular weight excluding hydrogens is 456 g/mol. The molecule has 0 aliphatic rings. The maximum absolute atomic E-state index is 13.5. The van der Waals surface area contributed by atoms with Gasteiger partial charge in [0.2, 0.25) is 10.0 Å². The number of nitrogens with zero attached hydrogens (tertiary/aromatic N) is 3. The van der Waals surface area contributed by atoms with Crippen LogP contribution in [0.15, 0.2) is 83.2 Å². The number of hydrogen-bond donors (Lipinski definition) is 1. The van der Waals surface area contributed by atoms with Crippen molar-refractivity contribution in [3.8, 4) is 10.6 Å². The van der Waals surface area contributed by atoms with E-state index >= 15 is 0 Å². The normalized spacial score (nSPS) is 12.5. The minimum Gasteiger partial charge on any atom is -0.335 e. The molecule has 0 spiro atoms. The van der Waals surface area contributed by atoms with E-state index in [9.17, 15) is 13.2 Å². The number of carbonyl (C=O) groups excluding carboxylic acids is 1. The summed E-state index contributed by atoms with van der Waals surface area (Å²) < 4.78 is 24.8. The summed E-state index contributed by atoms with van der Waals surface area (Å²) in [6.45, 7) is 2.45. The summed E-state index contributed by atoms with van der Waals surface area (Å²) in [5.74, 6) is -0.166. The zero-order valence-electron chi connectivity index (χ0n) is 18.3. The van der Waals surface area contributed by atoms with Crippen LogP contribution in [0.2, 0.25) is 0 Å². The Morgan fingerprint density at radius 1 is 1.09 bits per heavy atom. The molecule has 1 amide bonds. The van der Waals surface area contributed by atoms with Gasteiger partial charge < -0.3 is 4.90 Å². The lowest BCUT2D eigenvalue weighted by Gasteiger charge is -2.25. The van der Waals surface area contributed by atoms with Gasteiger partial charge in [-0.25, -0.2) is 13.6 Å². The van der Waals surface area contributed by atoms with Crippen LogP contribution < -0.4 is 5.14 Å². The molecule has 0 saturated heterocycles. The zero-order chi connectivity index (χ0) is 23.6. The van der Waals surface area contributed by atoms with Crippen molar-refractivity contribution < 1.29 is 13.2 Å². The van der Waals surface area contributed by atoms with Crippen LogP contribution in [0.25, 0.3) is 10.6 Å². The van der Waals surface area contributed by atoms with E-state index in [-0.39, 0.29) is 16.8 Å². The third kappa shape index (κ3) is 5.05. The van der Waals surface area contributed by atoms with Gasteiger partial charge in [-0.05, 0) is 41.6 Å². The van der Waals surface area contributed by atoms with E-state index in [1.165, 1.54) is 23.5 Å². The number of hydrogen-bond acceptors (Lipinski definition) is 5. The summed E-state index contributed by atoms with van der Waals surface area (Å²) in [6, 6.07) is 19.8. The first-order valence-electron chi connectivity index (χ1n) is 10.3. The maximum atomic E-state index is 13.5. The Bertz CT molecular complexity index is 1350. The Balaban J connectivity index is 1.63. The van der Waals surface area contributed by atoms with Gasteiger partial charge in [0.25, 0.3) is 5.91 Å². The van der Waals surface area contributed by atoms with Crippen LogP contribution in [-0.4, -0.2) is 36.1 Å². The van der Waals surface area contributed by atoms with E-state index in [1.54, 1.807) is 35.0 Å². The molecule has 4 rings (SSSR count). The number of carbonyl (C=O) groups is 1. The van der Waals surface area contributed by atoms with Crippen LogP contribution in [0.4, 0.5) is 0 Å². The second kappa shape index (κ2) is 9.30. The molecule has 7 nitrogen and oxygen atoms in total. The van der Waals surface area contributed by atoms with Crippen molar-refractivity contribution in [3.63, 3.8) is 0 Å². The van der Waals surface area contributed by atoms with Gasteiger partial charge in [0, 0.05) is 13.2 Å². The first-order valence-corrected chi connectivity index (χ1v) is 12.7. The number of rotatable bonds is 7.